The van der Waals surface area contributed by atoms with E-state index in [1.807, 2.05) is 0 Å². The Balaban J connectivity index is 2.43. The summed E-state index contributed by atoms with van der Waals surface area (Å²) in [5.74, 6) is 1.74. The van der Waals surface area contributed by atoms with Gasteiger partial charge in [-0.25, -0.2) is 0 Å². The van der Waals surface area contributed by atoms with Crippen molar-refractivity contribution in [3.05, 3.63) is 33.0 Å². The van der Waals surface area contributed by atoms with Crippen LogP contribution in [-0.2, 0) is 13.0 Å². The van der Waals surface area contributed by atoms with Crippen LogP contribution in [0.2, 0.25) is 0 Å². The maximum atomic E-state index is 6.11. The number of fused-ring (bicyclic) bond motifs is 1. The van der Waals surface area contributed by atoms with E-state index in [1.165, 1.54) is 26.5 Å². The lowest BCUT2D eigenvalue weighted by molar-refractivity contribution is 0.481. The minimum absolute atomic E-state index is 0.655. The van der Waals surface area contributed by atoms with Gasteiger partial charge in [-0.3, -0.25) is 0 Å². The summed E-state index contributed by atoms with van der Waals surface area (Å²) in [5.41, 5.74) is 4.87. The molecule has 0 atom stereocenters. The van der Waals surface area contributed by atoms with Crippen molar-refractivity contribution in [2.45, 2.75) is 47.6 Å². The highest BCUT2D eigenvalue weighted by molar-refractivity contribution is 9.10. The van der Waals surface area contributed by atoms with Crippen molar-refractivity contribution in [3.8, 4) is 0 Å². The zero-order valence-electron chi connectivity index (χ0n) is 13.1. The normalized spacial score (nSPS) is 11.8. The van der Waals surface area contributed by atoms with Gasteiger partial charge in [0.25, 0.3) is 0 Å². The first-order valence-electron chi connectivity index (χ1n) is 7.36. The monoisotopic (exact) mass is 337 g/mol. The Morgan fingerprint density at radius 2 is 2.00 bits per heavy atom. The molecule has 1 heterocycles. The lowest BCUT2D eigenvalue weighted by Crippen LogP contribution is -2.19. The van der Waals surface area contributed by atoms with E-state index in [-0.39, 0.29) is 0 Å². The second kappa shape index (κ2) is 6.31. The molecule has 110 valence electrons. The van der Waals surface area contributed by atoms with Gasteiger partial charge in [-0.2, -0.15) is 0 Å². The molecule has 2 rings (SSSR count). The lowest BCUT2D eigenvalue weighted by atomic mass is 10.0. The molecule has 0 saturated carbocycles. The summed E-state index contributed by atoms with van der Waals surface area (Å²) in [6.07, 6.45) is 1.00. The average molecular weight is 338 g/mol. The highest BCUT2D eigenvalue weighted by Gasteiger charge is 2.17. The number of aryl methyl sites for hydroxylation is 3. The third-order valence-electron chi connectivity index (χ3n) is 3.71. The molecule has 0 amide bonds. The Morgan fingerprint density at radius 3 is 2.60 bits per heavy atom. The number of halogens is 1. The van der Waals surface area contributed by atoms with Crippen LogP contribution in [0.1, 0.15) is 43.2 Å². The quantitative estimate of drug-likeness (QED) is 0.818. The van der Waals surface area contributed by atoms with Crippen LogP contribution in [0.25, 0.3) is 11.0 Å². The molecule has 3 heteroatoms. The molecule has 0 radical (unpaired) electrons. The van der Waals surface area contributed by atoms with Crippen LogP contribution in [0.15, 0.2) is 15.0 Å². The molecule has 20 heavy (non-hydrogen) atoms. The minimum atomic E-state index is 0.655. The van der Waals surface area contributed by atoms with Crippen LogP contribution in [-0.4, -0.2) is 6.54 Å². The molecule has 0 unspecified atom stereocenters. The average Bonchev–Trinajstić information content (AvgIpc) is 2.73. The Kier molecular flexibility index (Phi) is 4.92. The maximum absolute atomic E-state index is 6.11. The van der Waals surface area contributed by atoms with Gasteiger partial charge in [0.1, 0.15) is 11.3 Å². The van der Waals surface area contributed by atoms with E-state index in [9.17, 15) is 0 Å². The Bertz CT molecular complexity index is 613. The summed E-state index contributed by atoms with van der Waals surface area (Å²) in [6, 6.07) is 2.14. The highest BCUT2D eigenvalue weighted by atomic mass is 79.9. The van der Waals surface area contributed by atoms with E-state index in [2.05, 4.69) is 61.9 Å². The highest BCUT2D eigenvalue weighted by Crippen LogP contribution is 2.35. The summed E-state index contributed by atoms with van der Waals surface area (Å²) in [5, 5.41) is 4.76. The van der Waals surface area contributed by atoms with Gasteiger partial charge >= 0.3 is 0 Å². The number of furan rings is 1. The lowest BCUT2D eigenvalue weighted by Gasteiger charge is -2.07. The fourth-order valence-electron chi connectivity index (χ4n) is 2.70. The number of hydrogen-bond acceptors (Lipinski definition) is 2. The first-order valence-corrected chi connectivity index (χ1v) is 8.15. The second-order valence-electron chi connectivity index (χ2n) is 5.89. The smallest absolute Gasteiger partial charge is 0.135 e. The van der Waals surface area contributed by atoms with Crippen LogP contribution < -0.4 is 5.32 Å². The molecular formula is C17H24BrNO. The molecule has 0 bridgehead atoms. The van der Waals surface area contributed by atoms with Crippen molar-refractivity contribution in [3.63, 3.8) is 0 Å². The van der Waals surface area contributed by atoms with Gasteiger partial charge in [0, 0.05) is 15.4 Å². The molecule has 2 aromatic rings. The molecule has 1 aromatic carbocycles. The molecule has 0 aliphatic heterocycles. The molecule has 2 nitrogen and oxygen atoms in total. The summed E-state index contributed by atoms with van der Waals surface area (Å²) < 4.78 is 7.30. The van der Waals surface area contributed by atoms with Crippen LogP contribution in [0.4, 0.5) is 0 Å². The van der Waals surface area contributed by atoms with Crippen molar-refractivity contribution in [2.24, 2.45) is 5.92 Å². The summed E-state index contributed by atoms with van der Waals surface area (Å²) in [4.78, 5) is 0. The largest absolute Gasteiger partial charge is 0.459 e. The zero-order valence-corrected chi connectivity index (χ0v) is 14.6. The van der Waals surface area contributed by atoms with Gasteiger partial charge in [0.15, 0.2) is 0 Å². The topological polar surface area (TPSA) is 25.2 Å². The Labute approximate surface area is 130 Å². The molecule has 0 fully saturated rings. The van der Waals surface area contributed by atoms with E-state index < -0.39 is 0 Å². The second-order valence-corrected chi connectivity index (χ2v) is 6.68. The molecular weight excluding hydrogens is 314 g/mol. The SMILES string of the molecule is CCc1c(CNCC(C)C)oc2cc(C)c(Br)c(C)c12. The third-order valence-corrected chi connectivity index (χ3v) is 4.93. The summed E-state index contributed by atoms with van der Waals surface area (Å²) in [7, 11) is 0. The predicted molar refractivity (Wildman–Crippen MR) is 89.3 cm³/mol. The first kappa shape index (κ1) is 15.6. The van der Waals surface area contributed by atoms with Gasteiger partial charge in [-0.05, 0) is 49.9 Å². The van der Waals surface area contributed by atoms with Gasteiger partial charge in [-0.15, -0.1) is 0 Å². The molecule has 1 aromatic heterocycles. The van der Waals surface area contributed by atoms with Gasteiger partial charge in [0.2, 0.25) is 0 Å². The van der Waals surface area contributed by atoms with Crippen molar-refractivity contribution in [2.75, 3.05) is 6.54 Å². The standard InChI is InChI=1S/C17H24BrNO/c1-6-13-15(9-19-8-10(2)3)20-14-7-11(4)17(18)12(5)16(13)14/h7,10,19H,6,8-9H2,1-5H3. The number of nitrogens with one attached hydrogen (secondary N) is 1. The van der Waals surface area contributed by atoms with Crippen LogP contribution >= 0.6 is 15.9 Å². The van der Waals surface area contributed by atoms with E-state index in [0.717, 1.165) is 30.9 Å². The van der Waals surface area contributed by atoms with Gasteiger partial charge < -0.3 is 9.73 Å². The van der Waals surface area contributed by atoms with E-state index in [0.29, 0.717) is 5.92 Å². The fourth-order valence-corrected chi connectivity index (χ4v) is 3.02. The number of hydrogen-bond donors (Lipinski definition) is 1. The number of benzene rings is 1. The van der Waals surface area contributed by atoms with Crippen LogP contribution in [0.5, 0.6) is 0 Å². The van der Waals surface area contributed by atoms with Crippen molar-refractivity contribution in [1.82, 2.24) is 5.32 Å². The third kappa shape index (κ3) is 2.94. The van der Waals surface area contributed by atoms with E-state index >= 15 is 0 Å². The van der Waals surface area contributed by atoms with E-state index in [4.69, 9.17) is 4.42 Å². The summed E-state index contributed by atoms with van der Waals surface area (Å²) in [6.45, 7) is 12.7. The predicted octanol–water partition coefficient (Wildman–Crippen LogP) is 5.12. The van der Waals surface area contributed by atoms with Gasteiger partial charge in [0.05, 0.1) is 6.54 Å². The zero-order chi connectivity index (χ0) is 14.9. The molecule has 0 aliphatic rings. The number of rotatable bonds is 5. The fraction of sp³-hybridized carbons (Fsp3) is 0.529. The van der Waals surface area contributed by atoms with Crippen LogP contribution in [0, 0.1) is 19.8 Å². The van der Waals surface area contributed by atoms with Crippen molar-refractivity contribution >= 4 is 26.9 Å². The maximum Gasteiger partial charge on any atom is 0.135 e. The molecule has 0 saturated heterocycles. The van der Waals surface area contributed by atoms with Crippen LogP contribution in [0.3, 0.4) is 0 Å². The minimum Gasteiger partial charge on any atom is -0.459 e. The van der Waals surface area contributed by atoms with Crippen molar-refractivity contribution in [1.29, 1.82) is 0 Å². The van der Waals surface area contributed by atoms with Crippen molar-refractivity contribution < 1.29 is 4.42 Å². The Morgan fingerprint density at radius 1 is 1.30 bits per heavy atom. The Hall–Kier alpha value is -0.800. The summed E-state index contributed by atoms with van der Waals surface area (Å²) >= 11 is 3.69. The molecule has 1 N–H and O–H groups in total. The first-order chi connectivity index (χ1) is 9.45. The molecule has 0 spiro atoms. The van der Waals surface area contributed by atoms with Gasteiger partial charge in [-0.1, -0.05) is 36.7 Å². The van der Waals surface area contributed by atoms with E-state index in [1.54, 1.807) is 0 Å². The molecule has 0 aliphatic carbocycles.